The second-order valence-corrected chi connectivity index (χ2v) is 8.96. The summed E-state index contributed by atoms with van der Waals surface area (Å²) in [6, 6.07) is 17.8. The first-order chi connectivity index (χ1) is 18.2. The molecule has 4 aromatic rings. The minimum Gasteiger partial charge on any atom is -0.206 e. The van der Waals surface area contributed by atoms with E-state index in [1.165, 1.54) is 5.56 Å². The quantitative estimate of drug-likeness (QED) is 0.135. The highest BCUT2D eigenvalue weighted by atomic mass is 19.4. The van der Waals surface area contributed by atoms with Crippen molar-refractivity contribution in [3.05, 3.63) is 130 Å². The summed E-state index contributed by atoms with van der Waals surface area (Å²) < 4.78 is 81.2. The van der Waals surface area contributed by atoms with Gasteiger partial charge in [-0.25, -0.2) is 13.2 Å². The molecule has 0 amide bonds. The Morgan fingerprint density at radius 3 is 2.03 bits per heavy atom. The van der Waals surface area contributed by atoms with Crippen LogP contribution in [-0.4, -0.2) is 0 Å². The van der Waals surface area contributed by atoms with Gasteiger partial charge in [0.25, 0.3) is 0 Å². The van der Waals surface area contributed by atoms with E-state index in [9.17, 15) is 22.0 Å². The summed E-state index contributed by atoms with van der Waals surface area (Å²) in [5, 5.41) is 1.01. The highest BCUT2D eigenvalue weighted by Crippen LogP contribution is 2.34. The number of allylic oxidation sites excluding steroid dienone is 2. The second-order valence-electron chi connectivity index (χ2n) is 8.96. The Morgan fingerprint density at radius 2 is 1.37 bits per heavy atom. The zero-order chi connectivity index (χ0) is 27.3. The summed E-state index contributed by atoms with van der Waals surface area (Å²) in [5.74, 6) is 2.37. The van der Waals surface area contributed by atoms with Crippen molar-refractivity contribution in [1.29, 1.82) is 0 Å². The van der Waals surface area contributed by atoms with Crippen molar-refractivity contribution >= 4 is 10.8 Å². The zero-order valence-electron chi connectivity index (χ0n) is 20.6. The molecule has 0 atom stereocenters. The summed E-state index contributed by atoms with van der Waals surface area (Å²) >= 11 is 0. The van der Waals surface area contributed by atoms with E-state index in [0.717, 1.165) is 24.0 Å². The molecule has 0 aliphatic heterocycles. The van der Waals surface area contributed by atoms with Gasteiger partial charge in [-0.05, 0) is 91.1 Å². The fraction of sp³-hybridized carbons (Fsp3) is 0.188. The van der Waals surface area contributed by atoms with E-state index in [1.807, 2.05) is 25.1 Å². The summed E-state index contributed by atoms with van der Waals surface area (Å²) in [6.07, 6.45) is 1.03. The van der Waals surface area contributed by atoms with E-state index in [-0.39, 0.29) is 18.4 Å². The van der Waals surface area contributed by atoms with Crippen molar-refractivity contribution in [3.63, 3.8) is 0 Å². The van der Waals surface area contributed by atoms with Gasteiger partial charge in [0.2, 0.25) is 0 Å². The van der Waals surface area contributed by atoms with Gasteiger partial charge in [-0.15, -0.1) is 0 Å². The van der Waals surface area contributed by atoms with E-state index in [1.54, 1.807) is 30.3 Å². The van der Waals surface area contributed by atoms with E-state index >= 15 is 4.39 Å². The SMILES string of the molecule is C/C=C/CCc1ccc(C#Cc2ccc3c(F)c(CCc4cc(F)c(C(F)(F)F)c(F)c4)ccc3c2)cc1. The molecule has 0 aromatic heterocycles. The van der Waals surface area contributed by atoms with Gasteiger partial charge in [-0.3, -0.25) is 0 Å². The maximum Gasteiger partial charge on any atom is 0.422 e. The molecule has 0 fully saturated rings. The molecule has 0 unspecified atom stereocenters. The first kappa shape index (κ1) is 27.1. The number of hydrogen-bond acceptors (Lipinski definition) is 0. The molecule has 0 saturated heterocycles. The predicted molar refractivity (Wildman–Crippen MR) is 138 cm³/mol. The van der Waals surface area contributed by atoms with Gasteiger partial charge in [0.15, 0.2) is 0 Å². The van der Waals surface area contributed by atoms with Crippen molar-refractivity contribution in [2.75, 3.05) is 0 Å². The highest BCUT2D eigenvalue weighted by molar-refractivity contribution is 5.85. The van der Waals surface area contributed by atoms with Crippen molar-refractivity contribution < 1.29 is 26.3 Å². The summed E-state index contributed by atoms with van der Waals surface area (Å²) in [4.78, 5) is 0. The third-order valence-corrected chi connectivity index (χ3v) is 6.24. The van der Waals surface area contributed by atoms with Crippen LogP contribution in [-0.2, 0) is 25.4 Å². The van der Waals surface area contributed by atoms with E-state index in [2.05, 4.69) is 30.0 Å². The molecular formula is C32H24F6. The fourth-order valence-corrected chi connectivity index (χ4v) is 4.24. The van der Waals surface area contributed by atoms with E-state index in [0.29, 0.717) is 28.5 Å². The van der Waals surface area contributed by atoms with Crippen molar-refractivity contribution in [3.8, 4) is 11.8 Å². The zero-order valence-corrected chi connectivity index (χ0v) is 20.6. The van der Waals surface area contributed by atoms with Crippen LogP contribution in [0.3, 0.4) is 0 Å². The molecule has 0 nitrogen and oxygen atoms in total. The van der Waals surface area contributed by atoms with Crippen LogP contribution >= 0.6 is 0 Å². The van der Waals surface area contributed by atoms with E-state index in [4.69, 9.17) is 0 Å². The number of benzene rings is 4. The Balaban J connectivity index is 1.47. The number of alkyl halides is 3. The predicted octanol–water partition coefficient (Wildman–Crippen LogP) is 8.97. The summed E-state index contributed by atoms with van der Waals surface area (Å²) in [6.45, 7) is 2.00. The van der Waals surface area contributed by atoms with Gasteiger partial charge < -0.3 is 0 Å². The number of halogens is 6. The van der Waals surface area contributed by atoms with Crippen LogP contribution in [0.1, 0.15) is 46.7 Å². The molecular weight excluding hydrogens is 498 g/mol. The molecule has 4 aromatic carbocycles. The Hall–Kier alpha value is -3.98. The van der Waals surface area contributed by atoms with Gasteiger partial charge in [0.05, 0.1) is 0 Å². The third kappa shape index (κ3) is 6.47. The molecule has 0 radical (unpaired) electrons. The lowest BCUT2D eigenvalue weighted by Crippen LogP contribution is -2.12. The molecule has 194 valence electrons. The Kier molecular flexibility index (Phi) is 8.26. The number of hydrogen-bond donors (Lipinski definition) is 0. The standard InChI is InChI=1S/C32H24F6/c1-2-3-4-5-21-6-8-22(9-7-21)10-11-23-13-17-27-26(18-23)16-15-25(31(27)35)14-12-24-19-28(33)30(29(34)20-24)32(36,37)38/h2-3,6-9,13,15-20H,4-5,12,14H2,1H3/b3-2+. The van der Waals surface area contributed by atoms with Crippen LogP contribution in [0.5, 0.6) is 0 Å². The normalized spacial score (nSPS) is 11.7. The van der Waals surface area contributed by atoms with Gasteiger partial charge in [0.1, 0.15) is 23.0 Å². The number of aryl methyl sites for hydroxylation is 3. The molecule has 0 aliphatic carbocycles. The Bertz CT molecular complexity index is 1510. The van der Waals surface area contributed by atoms with Gasteiger partial charge in [-0.1, -0.05) is 54.3 Å². The van der Waals surface area contributed by atoms with Crippen LogP contribution in [0.4, 0.5) is 26.3 Å². The van der Waals surface area contributed by atoms with Crippen molar-refractivity contribution in [2.24, 2.45) is 0 Å². The Labute approximate surface area is 217 Å². The average molecular weight is 523 g/mol. The fourth-order valence-electron chi connectivity index (χ4n) is 4.24. The molecule has 38 heavy (non-hydrogen) atoms. The van der Waals surface area contributed by atoms with Crippen LogP contribution < -0.4 is 0 Å². The molecule has 0 spiro atoms. The molecule has 0 N–H and O–H groups in total. The monoisotopic (exact) mass is 522 g/mol. The van der Waals surface area contributed by atoms with Crippen LogP contribution in [0.2, 0.25) is 0 Å². The average Bonchev–Trinajstić information content (AvgIpc) is 2.87. The van der Waals surface area contributed by atoms with Gasteiger partial charge in [0, 0.05) is 16.5 Å². The molecule has 4 rings (SSSR count). The van der Waals surface area contributed by atoms with Crippen molar-refractivity contribution in [2.45, 2.75) is 38.8 Å². The third-order valence-electron chi connectivity index (χ3n) is 6.24. The number of fused-ring (bicyclic) bond motifs is 1. The lowest BCUT2D eigenvalue weighted by atomic mass is 9.98. The van der Waals surface area contributed by atoms with Crippen LogP contribution in [0.25, 0.3) is 10.8 Å². The lowest BCUT2D eigenvalue weighted by molar-refractivity contribution is -0.142. The van der Waals surface area contributed by atoms with Crippen LogP contribution in [0.15, 0.2) is 78.9 Å². The topological polar surface area (TPSA) is 0 Å². The lowest BCUT2D eigenvalue weighted by Gasteiger charge is -2.12. The maximum atomic E-state index is 15.1. The minimum atomic E-state index is -5.13. The van der Waals surface area contributed by atoms with E-state index < -0.39 is 29.2 Å². The molecule has 0 heterocycles. The minimum absolute atomic E-state index is 0.0175. The Morgan fingerprint density at radius 1 is 0.711 bits per heavy atom. The second kappa shape index (κ2) is 11.6. The highest BCUT2D eigenvalue weighted by Gasteiger charge is 2.37. The first-order valence-electron chi connectivity index (χ1n) is 12.1. The first-order valence-corrected chi connectivity index (χ1v) is 12.1. The maximum absolute atomic E-state index is 15.1. The van der Waals surface area contributed by atoms with Crippen molar-refractivity contribution in [1.82, 2.24) is 0 Å². The summed E-state index contributed by atoms with van der Waals surface area (Å²) in [7, 11) is 0. The summed E-state index contributed by atoms with van der Waals surface area (Å²) in [5.41, 5.74) is 1.22. The molecule has 0 aliphatic rings. The molecule has 0 bridgehead atoms. The largest absolute Gasteiger partial charge is 0.422 e. The molecule has 0 saturated carbocycles. The number of rotatable bonds is 6. The smallest absolute Gasteiger partial charge is 0.206 e. The van der Waals surface area contributed by atoms with Crippen LogP contribution in [0, 0.1) is 29.3 Å². The molecule has 6 heteroatoms. The van der Waals surface area contributed by atoms with Gasteiger partial charge >= 0.3 is 6.18 Å². The van der Waals surface area contributed by atoms with Gasteiger partial charge in [-0.2, -0.15) is 13.2 Å².